The summed E-state index contributed by atoms with van der Waals surface area (Å²) in [5.41, 5.74) is 2.30. The minimum absolute atomic E-state index is 0.0244. The zero-order valence-corrected chi connectivity index (χ0v) is 16.1. The van der Waals surface area contributed by atoms with E-state index in [4.69, 9.17) is 4.74 Å². The molecular weight excluding hydrogens is 326 g/mol. The van der Waals surface area contributed by atoms with Gasteiger partial charge in [-0.1, -0.05) is 57.5 Å². The lowest BCUT2D eigenvalue weighted by molar-refractivity contribution is -0.0176. The van der Waals surface area contributed by atoms with Gasteiger partial charge < -0.3 is 14.8 Å². The van der Waals surface area contributed by atoms with Crippen LogP contribution in [0.25, 0.3) is 11.3 Å². The fourth-order valence-corrected chi connectivity index (χ4v) is 4.12. The number of benzene rings is 1. The van der Waals surface area contributed by atoms with Gasteiger partial charge in [-0.2, -0.15) is 0 Å². The fraction of sp³-hybridized carbons (Fsp3) is 0.500. The number of aromatic hydroxyl groups is 1. The Hall–Kier alpha value is -2.23. The first-order valence-electron chi connectivity index (χ1n) is 9.56. The third kappa shape index (κ3) is 3.64. The Morgan fingerprint density at radius 2 is 1.92 bits per heavy atom. The van der Waals surface area contributed by atoms with Crippen LogP contribution < -0.4 is 0 Å². The normalized spacial score (nSPS) is 23.2. The molecule has 0 aliphatic heterocycles. The van der Waals surface area contributed by atoms with Crippen molar-refractivity contribution in [1.29, 1.82) is 0 Å². The van der Waals surface area contributed by atoms with Gasteiger partial charge >= 0.3 is 5.97 Å². The Bertz CT molecular complexity index is 763. The molecule has 140 valence electrons. The van der Waals surface area contributed by atoms with Crippen molar-refractivity contribution >= 4 is 5.97 Å². The van der Waals surface area contributed by atoms with Crippen LogP contribution in [0, 0.1) is 24.7 Å². The molecule has 1 heterocycles. The number of rotatable bonds is 4. The second-order valence-electron chi connectivity index (χ2n) is 7.98. The summed E-state index contributed by atoms with van der Waals surface area (Å²) in [7, 11) is 0. The van der Waals surface area contributed by atoms with Gasteiger partial charge in [0, 0.05) is 11.3 Å². The quantitative estimate of drug-likeness (QED) is 0.730. The third-order valence-electron chi connectivity index (χ3n) is 5.65. The van der Waals surface area contributed by atoms with Gasteiger partial charge in [0.25, 0.3) is 0 Å². The molecule has 0 bridgehead atoms. The molecule has 1 aliphatic carbocycles. The zero-order chi connectivity index (χ0) is 18.8. The van der Waals surface area contributed by atoms with Crippen molar-refractivity contribution in [3.05, 3.63) is 41.6 Å². The summed E-state index contributed by atoms with van der Waals surface area (Å²) in [5.74, 6) is 0.960. The van der Waals surface area contributed by atoms with E-state index in [0.717, 1.165) is 18.4 Å². The number of carbonyl (C=O) groups is 1. The molecule has 4 nitrogen and oxygen atoms in total. The van der Waals surface area contributed by atoms with E-state index in [1.165, 1.54) is 6.42 Å². The smallest absolute Gasteiger partial charge is 0.344 e. The molecule has 3 atom stereocenters. The molecule has 0 amide bonds. The molecule has 26 heavy (non-hydrogen) atoms. The lowest BCUT2D eigenvalue weighted by Gasteiger charge is -2.36. The lowest BCUT2D eigenvalue weighted by Crippen LogP contribution is -2.35. The summed E-state index contributed by atoms with van der Waals surface area (Å²) in [4.78, 5) is 16.0. The van der Waals surface area contributed by atoms with Gasteiger partial charge in [-0.3, -0.25) is 0 Å². The number of H-pyrrole nitrogens is 1. The highest BCUT2D eigenvalue weighted by molar-refractivity contribution is 5.97. The molecule has 0 radical (unpaired) electrons. The van der Waals surface area contributed by atoms with Gasteiger partial charge in [0.05, 0.1) is 5.69 Å². The van der Waals surface area contributed by atoms with E-state index in [1.54, 1.807) is 6.92 Å². The van der Waals surface area contributed by atoms with Crippen molar-refractivity contribution in [2.75, 3.05) is 0 Å². The average Bonchev–Trinajstić information content (AvgIpc) is 2.90. The number of esters is 1. The zero-order valence-electron chi connectivity index (χ0n) is 16.1. The fourth-order valence-electron chi connectivity index (χ4n) is 4.12. The number of hydrogen-bond donors (Lipinski definition) is 2. The second kappa shape index (κ2) is 7.56. The van der Waals surface area contributed by atoms with Crippen molar-refractivity contribution in [3.8, 4) is 17.0 Å². The minimum Gasteiger partial charge on any atom is -0.505 e. The molecule has 0 spiro atoms. The summed E-state index contributed by atoms with van der Waals surface area (Å²) in [6.45, 7) is 8.39. The standard InChI is InChI=1S/C22H29NO3/c1-13(2)17-11-10-14(3)12-18(17)26-22(25)19-15(4)23-20(21(19)24)16-8-6-5-7-9-16/h5-9,13-14,17-18,23-24H,10-12H2,1-4H3/t14-,17-,18-/m1/s1. The largest absolute Gasteiger partial charge is 0.505 e. The van der Waals surface area contributed by atoms with Gasteiger partial charge in [-0.05, 0) is 37.5 Å². The first-order chi connectivity index (χ1) is 12.4. The number of carbonyl (C=O) groups excluding carboxylic acids is 1. The van der Waals surface area contributed by atoms with E-state index in [1.807, 2.05) is 30.3 Å². The maximum absolute atomic E-state index is 12.9. The Labute approximate surface area is 155 Å². The van der Waals surface area contributed by atoms with Crippen molar-refractivity contribution in [2.24, 2.45) is 17.8 Å². The number of aryl methyl sites for hydroxylation is 1. The van der Waals surface area contributed by atoms with Crippen LogP contribution in [0.5, 0.6) is 5.75 Å². The summed E-state index contributed by atoms with van der Waals surface area (Å²) in [6, 6.07) is 9.52. The van der Waals surface area contributed by atoms with E-state index in [9.17, 15) is 9.90 Å². The maximum Gasteiger partial charge on any atom is 0.344 e. The van der Waals surface area contributed by atoms with Crippen LogP contribution in [0.4, 0.5) is 0 Å². The molecule has 1 aliphatic rings. The second-order valence-corrected chi connectivity index (χ2v) is 7.98. The van der Waals surface area contributed by atoms with Gasteiger partial charge in [0.1, 0.15) is 11.7 Å². The molecule has 2 N–H and O–H groups in total. The Balaban J connectivity index is 1.85. The molecule has 0 saturated heterocycles. The first kappa shape index (κ1) is 18.6. The van der Waals surface area contributed by atoms with Crippen LogP contribution in [0.2, 0.25) is 0 Å². The van der Waals surface area contributed by atoms with Crippen LogP contribution in [0.1, 0.15) is 56.1 Å². The third-order valence-corrected chi connectivity index (χ3v) is 5.65. The number of nitrogens with one attached hydrogen (secondary N) is 1. The number of aromatic amines is 1. The van der Waals surface area contributed by atoms with E-state index in [2.05, 4.69) is 25.8 Å². The molecule has 1 fully saturated rings. The number of hydrogen-bond acceptors (Lipinski definition) is 3. The molecule has 4 heteroatoms. The van der Waals surface area contributed by atoms with E-state index >= 15 is 0 Å². The summed E-state index contributed by atoms with van der Waals surface area (Å²) in [6.07, 6.45) is 3.08. The Morgan fingerprint density at radius 1 is 1.23 bits per heavy atom. The van der Waals surface area contributed by atoms with Crippen LogP contribution >= 0.6 is 0 Å². The Morgan fingerprint density at radius 3 is 2.58 bits per heavy atom. The predicted octanol–water partition coefficient (Wildman–Crippen LogP) is 5.31. The lowest BCUT2D eigenvalue weighted by atomic mass is 9.75. The van der Waals surface area contributed by atoms with Crippen LogP contribution in [0.3, 0.4) is 0 Å². The molecule has 3 rings (SSSR count). The van der Waals surface area contributed by atoms with Crippen LogP contribution in [-0.4, -0.2) is 22.2 Å². The topological polar surface area (TPSA) is 62.3 Å². The van der Waals surface area contributed by atoms with E-state index in [0.29, 0.717) is 29.1 Å². The van der Waals surface area contributed by atoms with Crippen LogP contribution in [-0.2, 0) is 4.74 Å². The summed E-state index contributed by atoms with van der Waals surface area (Å²) in [5, 5.41) is 10.7. The first-order valence-corrected chi connectivity index (χ1v) is 9.56. The van der Waals surface area contributed by atoms with Gasteiger partial charge in [-0.25, -0.2) is 4.79 Å². The minimum atomic E-state index is -0.428. The molecular formula is C22H29NO3. The van der Waals surface area contributed by atoms with Crippen molar-refractivity contribution in [1.82, 2.24) is 4.98 Å². The van der Waals surface area contributed by atoms with Crippen molar-refractivity contribution in [3.63, 3.8) is 0 Å². The predicted molar refractivity (Wildman–Crippen MR) is 103 cm³/mol. The van der Waals surface area contributed by atoms with Crippen LogP contribution in [0.15, 0.2) is 30.3 Å². The molecule has 1 saturated carbocycles. The molecule has 1 aromatic carbocycles. The Kier molecular flexibility index (Phi) is 5.40. The van der Waals surface area contributed by atoms with Crippen molar-refractivity contribution in [2.45, 2.75) is 53.1 Å². The summed E-state index contributed by atoms with van der Waals surface area (Å²) < 4.78 is 5.91. The SMILES string of the molecule is Cc1[nH]c(-c2ccccc2)c(O)c1C(=O)O[C@@H]1C[C@H](C)CC[C@@H]1C(C)C. The summed E-state index contributed by atoms with van der Waals surface area (Å²) >= 11 is 0. The average molecular weight is 355 g/mol. The highest BCUT2D eigenvalue weighted by atomic mass is 16.5. The monoisotopic (exact) mass is 355 g/mol. The maximum atomic E-state index is 12.9. The van der Waals surface area contributed by atoms with Gasteiger partial charge in [0.15, 0.2) is 5.75 Å². The highest BCUT2D eigenvalue weighted by Gasteiger charge is 2.35. The van der Waals surface area contributed by atoms with E-state index in [-0.39, 0.29) is 17.4 Å². The molecule has 1 aromatic heterocycles. The van der Waals surface area contributed by atoms with Gasteiger partial charge in [0.2, 0.25) is 0 Å². The number of ether oxygens (including phenoxy) is 1. The number of aromatic nitrogens is 1. The highest BCUT2D eigenvalue weighted by Crippen LogP contribution is 2.38. The molecule has 0 unspecified atom stereocenters. The molecule has 2 aromatic rings. The van der Waals surface area contributed by atoms with E-state index < -0.39 is 5.97 Å². The van der Waals surface area contributed by atoms with Gasteiger partial charge in [-0.15, -0.1) is 0 Å². The van der Waals surface area contributed by atoms with Crippen molar-refractivity contribution < 1.29 is 14.6 Å².